The molecule has 0 bridgehead atoms. The van der Waals surface area contributed by atoms with Gasteiger partial charge in [0.2, 0.25) is 0 Å². The van der Waals surface area contributed by atoms with Crippen molar-refractivity contribution in [3.05, 3.63) is 12.1 Å². The first kappa shape index (κ1) is 14.1. The van der Waals surface area contributed by atoms with E-state index >= 15 is 0 Å². The summed E-state index contributed by atoms with van der Waals surface area (Å²) in [6, 6.07) is 0. The smallest absolute Gasteiger partial charge is 0.495 e. The predicted octanol–water partition coefficient (Wildman–Crippen LogP) is 1.18. The van der Waals surface area contributed by atoms with Gasteiger partial charge in [-0.2, -0.15) is 0 Å². The average molecular weight is 265 g/mol. The van der Waals surface area contributed by atoms with Crippen LogP contribution in [0.2, 0.25) is 0 Å². The van der Waals surface area contributed by atoms with Crippen LogP contribution in [0, 0.1) is 5.92 Å². The minimum atomic E-state index is -0.906. The summed E-state index contributed by atoms with van der Waals surface area (Å²) < 4.78 is 10.4. The molecule has 0 amide bonds. The summed E-state index contributed by atoms with van der Waals surface area (Å²) in [5.41, 5.74) is 0.728. The molecule has 0 aromatic rings. The van der Waals surface area contributed by atoms with Crippen LogP contribution in [0.3, 0.4) is 0 Å². The van der Waals surface area contributed by atoms with E-state index < -0.39 is 7.12 Å². The van der Waals surface area contributed by atoms with Crippen molar-refractivity contribution in [2.24, 2.45) is 5.92 Å². The molecule has 2 aliphatic rings. The van der Waals surface area contributed by atoms with Gasteiger partial charge in [-0.1, -0.05) is 19.3 Å². The minimum absolute atomic E-state index is 0.101. The van der Waals surface area contributed by atoms with Gasteiger partial charge in [-0.25, -0.2) is 0 Å². The van der Waals surface area contributed by atoms with E-state index in [1.165, 1.54) is 6.42 Å². The molecule has 5 nitrogen and oxygen atoms in total. The molecule has 2 rings (SSSR count). The lowest BCUT2D eigenvalue weighted by molar-refractivity contribution is -0.145. The summed E-state index contributed by atoms with van der Waals surface area (Å²) >= 11 is 0. The van der Waals surface area contributed by atoms with Crippen LogP contribution in [0.1, 0.15) is 32.1 Å². The first-order chi connectivity index (χ1) is 9.06. The molecule has 2 fully saturated rings. The molecule has 0 unspecified atom stereocenters. The van der Waals surface area contributed by atoms with Crippen molar-refractivity contribution in [3.8, 4) is 0 Å². The van der Waals surface area contributed by atoms with Crippen LogP contribution in [0.4, 0.5) is 0 Å². The molecule has 0 radical (unpaired) electrons. The Morgan fingerprint density at radius 1 is 1.16 bits per heavy atom. The number of rotatable bonds is 2. The standard InChI is InChI=1S/C13H20BNO4/c1-10(11-6-4-3-5-7-11)14-18-12(16)8-15(2)9-13(17)19-14/h11H,1,3-9H2,2H3. The fraction of sp³-hybridized carbons (Fsp3) is 0.692. The Morgan fingerprint density at radius 2 is 1.68 bits per heavy atom. The summed E-state index contributed by atoms with van der Waals surface area (Å²) in [5, 5.41) is 0. The number of likely N-dealkylation sites (N-methyl/N-ethyl adjacent to an activating group) is 1. The summed E-state index contributed by atoms with van der Waals surface area (Å²) in [6.07, 6.45) is 5.61. The second-order valence-corrected chi connectivity index (χ2v) is 5.39. The lowest BCUT2D eigenvalue weighted by atomic mass is 9.67. The van der Waals surface area contributed by atoms with Gasteiger partial charge in [0.05, 0.1) is 13.1 Å². The van der Waals surface area contributed by atoms with Gasteiger partial charge in [-0.3, -0.25) is 14.5 Å². The highest BCUT2D eigenvalue weighted by Crippen LogP contribution is 2.30. The normalized spacial score (nSPS) is 23.3. The Labute approximate surface area is 114 Å². The van der Waals surface area contributed by atoms with E-state index in [1.807, 2.05) is 0 Å². The van der Waals surface area contributed by atoms with E-state index in [-0.39, 0.29) is 30.9 Å². The molecule has 104 valence electrons. The third-order valence-electron chi connectivity index (χ3n) is 3.71. The summed E-state index contributed by atoms with van der Waals surface area (Å²) in [6.45, 7) is 4.20. The van der Waals surface area contributed by atoms with Crippen LogP contribution in [0.15, 0.2) is 12.1 Å². The Hall–Kier alpha value is -1.30. The molecule has 1 saturated heterocycles. The van der Waals surface area contributed by atoms with Gasteiger partial charge in [-0.05, 0) is 31.3 Å². The molecule has 0 spiro atoms. The van der Waals surface area contributed by atoms with Gasteiger partial charge >= 0.3 is 19.1 Å². The van der Waals surface area contributed by atoms with Gasteiger partial charge in [-0.15, -0.1) is 6.58 Å². The van der Waals surface area contributed by atoms with E-state index in [2.05, 4.69) is 6.58 Å². The number of hydrogen-bond donors (Lipinski definition) is 0. The molecular formula is C13H20BNO4. The predicted molar refractivity (Wildman–Crippen MR) is 71.2 cm³/mol. The van der Waals surface area contributed by atoms with E-state index in [9.17, 15) is 9.59 Å². The minimum Gasteiger partial charge on any atom is -0.495 e. The van der Waals surface area contributed by atoms with Crippen LogP contribution in [0.25, 0.3) is 0 Å². The zero-order valence-electron chi connectivity index (χ0n) is 11.4. The summed E-state index contributed by atoms with van der Waals surface area (Å²) in [4.78, 5) is 24.9. The molecule has 0 N–H and O–H groups in total. The first-order valence-electron chi connectivity index (χ1n) is 6.82. The van der Waals surface area contributed by atoms with Crippen molar-refractivity contribution >= 4 is 19.1 Å². The average Bonchev–Trinajstić information content (AvgIpc) is 2.36. The number of hydrogen-bond acceptors (Lipinski definition) is 5. The third-order valence-corrected chi connectivity index (χ3v) is 3.71. The molecule has 0 aromatic carbocycles. The number of nitrogens with zero attached hydrogens (tertiary/aromatic N) is 1. The fourth-order valence-corrected chi connectivity index (χ4v) is 2.65. The van der Waals surface area contributed by atoms with Crippen LogP contribution in [0.5, 0.6) is 0 Å². The molecule has 1 heterocycles. The molecule has 1 saturated carbocycles. The summed E-state index contributed by atoms with van der Waals surface area (Å²) in [7, 11) is 0.774. The second kappa shape index (κ2) is 6.24. The number of allylic oxidation sites excluding steroid dienone is 1. The zero-order valence-corrected chi connectivity index (χ0v) is 11.4. The molecule has 1 aliphatic carbocycles. The van der Waals surface area contributed by atoms with Crippen molar-refractivity contribution < 1.29 is 18.9 Å². The first-order valence-corrected chi connectivity index (χ1v) is 6.82. The maximum absolute atomic E-state index is 11.7. The third kappa shape index (κ3) is 3.83. The second-order valence-electron chi connectivity index (χ2n) is 5.39. The van der Waals surface area contributed by atoms with E-state index in [4.69, 9.17) is 9.31 Å². The highest BCUT2D eigenvalue weighted by Gasteiger charge is 2.37. The Balaban J connectivity index is 2.01. The maximum Gasteiger partial charge on any atom is 0.631 e. The van der Waals surface area contributed by atoms with Crippen LogP contribution in [-0.2, 0) is 18.9 Å². The monoisotopic (exact) mass is 265 g/mol. The number of carbonyl (C=O) groups is 2. The van der Waals surface area contributed by atoms with Crippen molar-refractivity contribution in [1.82, 2.24) is 4.90 Å². The van der Waals surface area contributed by atoms with Crippen LogP contribution >= 0.6 is 0 Å². The SMILES string of the molecule is C=C(B1OC(=O)CN(C)CC(=O)O1)C1CCCCC1. The van der Waals surface area contributed by atoms with Gasteiger partial charge < -0.3 is 9.31 Å². The largest absolute Gasteiger partial charge is 0.631 e. The van der Waals surface area contributed by atoms with E-state index in [0.29, 0.717) is 0 Å². The Morgan fingerprint density at radius 3 is 2.21 bits per heavy atom. The van der Waals surface area contributed by atoms with Crippen molar-refractivity contribution in [3.63, 3.8) is 0 Å². The quantitative estimate of drug-likeness (QED) is 0.702. The lowest BCUT2D eigenvalue weighted by Gasteiger charge is -2.28. The zero-order chi connectivity index (χ0) is 13.8. The highest BCUT2D eigenvalue weighted by molar-refractivity contribution is 6.57. The molecule has 1 aliphatic heterocycles. The maximum atomic E-state index is 11.7. The van der Waals surface area contributed by atoms with E-state index in [1.54, 1.807) is 11.9 Å². The molecule has 6 heteroatoms. The van der Waals surface area contributed by atoms with E-state index in [0.717, 1.165) is 31.2 Å². The lowest BCUT2D eigenvalue weighted by Crippen LogP contribution is -2.44. The van der Waals surface area contributed by atoms with Gasteiger partial charge in [0.1, 0.15) is 0 Å². The fourth-order valence-electron chi connectivity index (χ4n) is 2.65. The molecular weight excluding hydrogens is 245 g/mol. The van der Waals surface area contributed by atoms with Crippen molar-refractivity contribution in [2.75, 3.05) is 20.1 Å². The van der Waals surface area contributed by atoms with Gasteiger partial charge in [0.15, 0.2) is 0 Å². The van der Waals surface area contributed by atoms with Crippen molar-refractivity contribution in [2.45, 2.75) is 32.1 Å². The topological polar surface area (TPSA) is 55.8 Å². The Bertz CT molecular complexity index is 359. The molecule has 0 atom stereocenters. The van der Waals surface area contributed by atoms with Crippen molar-refractivity contribution in [1.29, 1.82) is 0 Å². The molecule has 0 aromatic heterocycles. The van der Waals surface area contributed by atoms with Gasteiger partial charge in [0.25, 0.3) is 0 Å². The van der Waals surface area contributed by atoms with Crippen LogP contribution < -0.4 is 0 Å². The molecule has 19 heavy (non-hydrogen) atoms. The van der Waals surface area contributed by atoms with Gasteiger partial charge in [0, 0.05) is 0 Å². The Kier molecular flexibility index (Phi) is 4.63. The van der Waals surface area contributed by atoms with Crippen LogP contribution in [-0.4, -0.2) is 44.1 Å². The highest BCUT2D eigenvalue weighted by atomic mass is 16.6. The summed E-state index contributed by atoms with van der Waals surface area (Å²) in [5.74, 6) is -0.467. The number of carbonyl (C=O) groups excluding carboxylic acids is 2.